The minimum absolute atomic E-state index is 0.0126. The van der Waals surface area contributed by atoms with Gasteiger partial charge in [0.25, 0.3) is 0 Å². The van der Waals surface area contributed by atoms with Crippen LogP contribution in [0.4, 0.5) is 0 Å². The van der Waals surface area contributed by atoms with Crippen LogP contribution in [0.2, 0.25) is 0 Å². The summed E-state index contributed by atoms with van der Waals surface area (Å²) in [6, 6.07) is -0.220. The summed E-state index contributed by atoms with van der Waals surface area (Å²) in [6.07, 6.45) is 0.434. The maximum atomic E-state index is 10.9. The van der Waals surface area contributed by atoms with Gasteiger partial charge in [-0.3, -0.25) is 9.59 Å². The Morgan fingerprint density at radius 3 is 2.67 bits per heavy atom. The second-order valence-electron chi connectivity index (χ2n) is 3.88. The molecule has 12 heavy (non-hydrogen) atoms. The average Bonchev–Trinajstić information content (AvgIpc) is 2.04. The van der Waals surface area contributed by atoms with Crippen molar-refractivity contribution in [3.05, 3.63) is 0 Å². The number of carbonyl (C=O) groups excluding carboxylic acids is 1. The van der Waals surface area contributed by atoms with Gasteiger partial charge in [-0.1, -0.05) is 13.8 Å². The minimum Gasteiger partial charge on any atom is -0.481 e. The largest absolute Gasteiger partial charge is 0.481 e. The quantitative estimate of drug-likeness (QED) is 0.631. The summed E-state index contributed by atoms with van der Waals surface area (Å²) in [4.78, 5) is 21.3. The van der Waals surface area contributed by atoms with Gasteiger partial charge in [0.15, 0.2) is 0 Å². The van der Waals surface area contributed by atoms with Gasteiger partial charge in [-0.05, 0) is 5.41 Å². The number of hydrogen-bond acceptors (Lipinski definition) is 2. The molecule has 1 aliphatic rings. The van der Waals surface area contributed by atoms with Gasteiger partial charge in [-0.2, -0.15) is 0 Å². The Morgan fingerprint density at radius 2 is 2.33 bits per heavy atom. The molecule has 1 unspecified atom stereocenters. The maximum absolute atomic E-state index is 10.9. The fraction of sp³-hybridized carbons (Fsp3) is 0.750. The lowest BCUT2D eigenvalue weighted by atomic mass is 9.83. The highest BCUT2D eigenvalue weighted by molar-refractivity contribution is 5.81. The van der Waals surface area contributed by atoms with Crippen LogP contribution in [-0.2, 0) is 9.59 Å². The zero-order chi connectivity index (χ0) is 9.35. The molecule has 1 atom stereocenters. The Kier molecular flexibility index (Phi) is 2.08. The SMILES string of the molecule is CC1(C)CC(=O)NC1CC(=O)O. The van der Waals surface area contributed by atoms with Gasteiger partial charge in [0.2, 0.25) is 5.91 Å². The standard InChI is InChI=1S/C8H13NO3/c1-8(2)4-6(10)9-5(8)3-7(11)12/h5H,3-4H2,1-2H3,(H,9,10)(H,11,12). The first-order valence-corrected chi connectivity index (χ1v) is 3.93. The third-order valence-electron chi connectivity index (χ3n) is 2.27. The number of aliphatic carboxylic acids is 1. The Balaban J connectivity index is 2.65. The first-order chi connectivity index (χ1) is 5.42. The van der Waals surface area contributed by atoms with Gasteiger partial charge in [0.1, 0.15) is 0 Å². The van der Waals surface area contributed by atoms with E-state index in [0.717, 1.165) is 0 Å². The molecule has 1 fully saturated rings. The number of amides is 1. The lowest BCUT2D eigenvalue weighted by Gasteiger charge is -2.23. The summed E-state index contributed by atoms with van der Waals surface area (Å²) in [5.74, 6) is -0.915. The van der Waals surface area contributed by atoms with Crippen molar-refractivity contribution in [1.82, 2.24) is 5.32 Å². The maximum Gasteiger partial charge on any atom is 0.305 e. The van der Waals surface area contributed by atoms with Crippen LogP contribution in [0.3, 0.4) is 0 Å². The first-order valence-electron chi connectivity index (χ1n) is 3.93. The average molecular weight is 171 g/mol. The lowest BCUT2D eigenvalue weighted by Crippen LogP contribution is -2.35. The summed E-state index contributed by atoms with van der Waals surface area (Å²) < 4.78 is 0. The molecule has 1 saturated heterocycles. The van der Waals surface area contributed by atoms with E-state index in [2.05, 4.69) is 5.32 Å². The molecule has 1 rings (SSSR count). The zero-order valence-corrected chi connectivity index (χ0v) is 7.26. The van der Waals surface area contributed by atoms with E-state index >= 15 is 0 Å². The highest BCUT2D eigenvalue weighted by atomic mass is 16.4. The van der Waals surface area contributed by atoms with E-state index in [9.17, 15) is 9.59 Å². The molecule has 0 bridgehead atoms. The molecule has 4 nitrogen and oxygen atoms in total. The van der Waals surface area contributed by atoms with Crippen molar-refractivity contribution in [1.29, 1.82) is 0 Å². The molecule has 0 aromatic heterocycles. The minimum atomic E-state index is -0.865. The molecule has 0 spiro atoms. The van der Waals surface area contributed by atoms with Crippen molar-refractivity contribution in [3.63, 3.8) is 0 Å². The van der Waals surface area contributed by atoms with Gasteiger partial charge in [-0.15, -0.1) is 0 Å². The summed E-state index contributed by atoms with van der Waals surface area (Å²) in [6.45, 7) is 3.80. The predicted octanol–water partition coefficient (Wildman–Crippen LogP) is 0.376. The molecule has 4 heteroatoms. The molecular weight excluding hydrogens is 158 g/mol. The molecular formula is C8H13NO3. The fourth-order valence-electron chi connectivity index (χ4n) is 1.48. The summed E-state index contributed by atoms with van der Waals surface area (Å²) in [5.41, 5.74) is -0.227. The third-order valence-corrected chi connectivity index (χ3v) is 2.27. The molecule has 1 heterocycles. The van der Waals surface area contributed by atoms with E-state index in [1.165, 1.54) is 0 Å². The Hall–Kier alpha value is -1.06. The van der Waals surface area contributed by atoms with Crippen molar-refractivity contribution in [2.45, 2.75) is 32.7 Å². The van der Waals surface area contributed by atoms with Crippen molar-refractivity contribution in [2.75, 3.05) is 0 Å². The van der Waals surface area contributed by atoms with Crippen LogP contribution in [0, 0.1) is 5.41 Å². The number of rotatable bonds is 2. The topological polar surface area (TPSA) is 66.4 Å². The van der Waals surface area contributed by atoms with Crippen LogP contribution < -0.4 is 5.32 Å². The Morgan fingerprint density at radius 1 is 1.75 bits per heavy atom. The second kappa shape index (κ2) is 2.77. The number of carboxylic acid groups (broad SMARTS) is 1. The van der Waals surface area contributed by atoms with Crippen LogP contribution in [0.15, 0.2) is 0 Å². The van der Waals surface area contributed by atoms with Crippen LogP contribution in [-0.4, -0.2) is 23.0 Å². The summed E-state index contributed by atoms with van der Waals surface area (Å²) in [7, 11) is 0. The molecule has 2 N–H and O–H groups in total. The Bertz CT molecular complexity index is 222. The van der Waals surface area contributed by atoms with Gasteiger partial charge in [0, 0.05) is 12.5 Å². The summed E-state index contributed by atoms with van der Waals surface area (Å²) >= 11 is 0. The molecule has 1 aliphatic heterocycles. The van der Waals surface area contributed by atoms with Gasteiger partial charge in [0.05, 0.1) is 6.42 Å². The van der Waals surface area contributed by atoms with Crippen LogP contribution >= 0.6 is 0 Å². The van der Waals surface area contributed by atoms with Crippen molar-refractivity contribution in [2.24, 2.45) is 5.41 Å². The fourth-order valence-corrected chi connectivity index (χ4v) is 1.48. The highest BCUT2D eigenvalue weighted by Gasteiger charge is 2.40. The number of carboxylic acids is 1. The van der Waals surface area contributed by atoms with Crippen molar-refractivity contribution >= 4 is 11.9 Å². The third kappa shape index (κ3) is 1.75. The molecule has 0 aliphatic carbocycles. The predicted molar refractivity (Wildman–Crippen MR) is 42.6 cm³/mol. The zero-order valence-electron chi connectivity index (χ0n) is 7.26. The molecule has 0 saturated carbocycles. The van der Waals surface area contributed by atoms with E-state index in [1.807, 2.05) is 13.8 Å². The smallest absolute Gasteiger partial charge is 0.305 e. The molecule has 0 aromatic carbocycles. The lowest BCUT2D eigenvalue weighted by molar-refractivity contribution is -0.138. The summed E-state index contributed by atoms with van der Waals surface area (Å²) in [5, 5.41) is 11.2. The molecule has 1 amide bonds. The molecule has 0 radical (unpaired) electrons. The monoisotopic (exact) mass is 171 g/mol. The van der Waals surface area contributed by atoms with Gasteiger partial charge in [-0.25, -0.2) is 0 Å². The van der Waals surface area contributed by atoms with Crippen LogP contribution in [0.5, 0.6) is 0 Å². The number of carbonyl (C=O) groups is 2. The van der Waals surface area contributed by atoms with E-state index in [1.54, 1.807) is 0 Å². The van der Waals surface area contributed by atoms with Gasteiger partial charge >= 0.3 is 5.97 Å². The van der Waals surface area contributed by atoms with Crippen LogP contribution in [0.1, 0.15) is 26.7 Å². The Labute approximate surface area is 71.0 Å². The van der Waals surface area contributed by atoms with Crippen molar-refractivity contribution < 1.29 is 14.7 Å². The van der Waals surface area contributed by atoms with E-state index < -0.39 is 5.97 Å². The van der Waals surface area contributed by atoms with E-state index in [-0.39, 0.29) is 23.8 Å². The van der Waals surface area contributed by atoms with E-state index in [0.29, 0.717) is 6.42 Å². The van der Waals surface area contributed by atoms with Crippen LogP contribution in [0.25, 0.3) is 0 Å². The highest BCUT2D eigenvalue weighted by Crippen LogP contribution is 2.32. The van der Waals surface area contributed by atoms with Crippen molar-refractivity contribution in [3.8, 4) is 0 Å². The first kappa shape index (κ1) is 9.03. The second-order valence-corrected chi connectivity index (χ2v) is 3.88. The normalized spacial score (nSPS) is 26.8. The number of hydrogen-bond donors (Lipinski definition) is 2. The molecule has 68 valence electrons. The molecule has 0 aromatic rings. The van der Waals surface area contributed by atoms with Gasteiger partial charge < -0.3 is 10.4 Å². The number of nitrogens with one attached hydrogen (secondary N) is 1. The van der Waals surface area contributed by atoms with E-state index in [4.69, 9.17) is 5.11 Å².